The summed E-state index contributed by atoms with van der Waals surface area (Å²) in [7, 11) is 0. The van der Waals surface area contributed by atoms with Crippen molar-refractivity contribution in [1.29, 1.82) is 5.26 Å². The average Bonchev–Trinajstić information content (AvgIpc) is 2.36. The summed E-state index contributed by atoms with van der Waals surface area (Å²) in [5.74, 6) is 1.47. The molecular weight excluding hydrogens is 258 g/mol. The number of benzene rings is 1. The Labute approximate surface area is 121 Å². The molecule has 0 aromatic heterocycles. The van der Waals surface area contributed by atoms with Crippen LogP contribution in [0, 0.1) is 30.6 Å². The molecule has 1 aromatic rings. The van der Waals surface area contributed by atoms with Crippen LogP contribution >= 0.6 is 11.6 Å². The zero-order chi connectivity index (χ0) is 14.5. The lowest BCUT2D eigenvalue weighted by molar-refractivity contribution is 0.281. The van der Waals surface area contributed by atoms with E-state index in [1.165, 1.54) is 0 Å². The molecule has 0 aliphatic heterocycles. The highest BCUT2D eigenvalue weighted by Gasteiger charge is 2.16. The van der Waals surface area contributed by atoms with Gasteiger partial charge in [0.15, 0.2) is 0 Å². The lowest BCUT2D eigenvalue weighted by Gasteiger charge is -2.17. The molecule has 0 spiro atoms. The third kappa shape index (κ3) is 4.76. The molecule has 0 aliphatic carbocycles. The fraction of sp³-hybridized carbons (Fsp3) is 0.562. The number of alkyl halides is 1. The maximum absolute atomic E-state index is 8.95. The molecular formula is C16H22ClNO. The number of hydrogen-bond donors (Lipinski definition) is 0. The number of aryl methyl sites for hydroxylation is 2. The van der Waals surface area contributed by atoms with Gasteiger partial charge in [-0.1, -0.05) is 12.1 Å². The molecule has 19 heavy (non-hydrogen) atoms. The van der Waals surface area contributed by atoms with E-state index in [-0.39, 0.29) is 5.41 Å². The number of halogens is 1. The molecule has 3 heteroatoms. The number of nitriles is 1. The van der Waals surface area contributed by atoms with E-state index in [2.05, 4.69) is 18.2 Å². The first-order valence-electron chi connectivity index (χ1n) is 6.60. The van der Waals surface area contributed by atoms with E-state index in [0.717, 1.165) is 35.3 Å². The van der Waals surface area contributed by atoms with E-state index >= 15 is 0 Å². The van der Waals surface area contributed by atoms with Gasteiger partial charge >= 0.3 is 0 Å². The molecule has 0 unspecified atom stereocenters. The van der Waals surface area contributed by atoms with E-state index in [0.29, 0.717) is 12.5 Å². The predicted molar refractivity (Wildman–Crippen MR) is 79.6 cm³/mol. The lowest BCUT2D eigenvalue weighted by Crippen LogP contribution is -2.10. The monoisotopic (exact) mass is 279 g/mol. The van der Waals surface area contributed by atoms with Crippen LogP contribution in [-0.4, -0.2) is 6.61 Å². The zero-order valence-electron chi connectivity index (χ0n) is 12.2. The number of nitrogens with zero attached hydrogens (tertiary/aromatic N) is 1. The van der Waals surface area contributed by atoms with Gasteiger partial charge in [0, 0.05) is 5.88 Å². The number of rotatable bonds is 6. The molecule has 0 saturated heterocycles. The van der Waals surface area contributed by atoms with Gasteiger partial charge in [0.05, 0.1) is 18.1 Å². The Morgan fingerprint density at radius 2 is 1.84 bits per heavy atom. The minimum absolute atomic E-state index is 0.268. The number of hydrogen-bond acceptors (Lipinski definition) is 2. The first-order chi connectivity index (χ1) is 8.89. The van der Waals surface area contributed by atoms with Gasteiger partial charge in [0.25, 0.3) is 0 Å². The molecule has 1 aromatic carbocycles. The van der Waals surface area contributed by atoms with Crippen molar-refractivity contribution in [3.05, 3.63) is 28.8 Å². The second-order valence-corrected chi connectivity index (χ2v) is 5.91. The van der Waals surface area contributed by atoms with Crippen LogP contribution in [0.25, 0.3) is 0 Å². The molecule has 0 aliphatic rings. The Hall–Kier alpha value is -1.20. The molecule has 0 fully saturated rings. The van der Waals surface area contributed by atoms with Crippen LogP contribution in [-0.2, 0) is 5.88 Å². The maximum Gasteiger partial charge on any atom is 0.125 e. The molecule has 0 bridgehead atoms. The summed E-state index contributed by atoms with van der Waals surface area (Å²) in [6.07, 6.45) is 1.73. The molecule has 1 rings (SSSR count). The highest BCUT2D eigenvalue weighted by Crippen LogP contribution is 2.26. The molecule has 0 N–H and O–H groups in total. The first-order valence-corrected chi connectivity index (χ1v) is 7.13. The van der Waals surface area contributed by atoms with Crippen molar-refractivity contribution in [2.75, 3.05) is 6.61 Å². The average molecular weight is 280 g/mol. The third-order valence-electron chi connectivity index (χ3n) is 3.17. The Kier molecular flexibility index (Phi) is 5.69. The molecule has 0 atom stereocenters. The van der Waals surface area contributed by atoms with Crippen molar-refractivity contribution in [3.63, 3.8) is 0 Å². The third-order valence-corrected chi connectivity index (χ3v) is 3.48. The van der Waals surface area contributed by atoms with Gasteiger partial charge in [-0.25, -0.2) is 0 Å². The maximum atomic E-state index is 8.95. The van der Waals surface area contributed by atoms with Gasteiger partial charge in [-0.3, -0.25) is 0 Å². The quantitative estimate of drug-likeness (QED) is 0.556. The van der Waals surface area contributed by atoms with Gasteiger partial charge in [-0.2, -0.15) is 5.26 Å². The zero-order valence-corrected chi connectivity index (χ0v) is 13.0. The van der Waals surface area contributed by atoms with Crippen molar-refractivity contribution in [2.45, 2.75) is 46.4 Å². The smallest absolute Gasteiger partial charge is 0.125 e. The normalized spacial score (nSPS) is 11.2. The van der Waals surface area contributed by atoms with Crippen molar-refractivity contribution < 1.29 is 4.74 Å². The van der Waals surface area contributed by atoms with Gasteiger partial charge in [0.1, 0.15) is 5.75 Å². The topological polar surface area (TPSA) is 33.0 Å². The van der Waals surface area contributed by atoms with Gasteiger partial charge in [0.2, 0.25) is 0 Å². The Bertz CT molecular complexity index is 451. The van der Waals surface area contributed by atoms with Crippen LogP contribution in [0.3, 0.4) is 0 Å². The van der Waals surface area contributed by atoms with Crippen LogP contribution in [0.5, 0.6) is 5.75 Å². The van der Waals surface area contributed by atoms with Crippen LogP contribution in [0.1, 0.15) is 43.4 Å². The van der Waals surface area contributed by atoms with Crippen LogP contribution in [0.15, 0.2) is 12.1 Å². The van der Waals surface area contributed by atoms with Crippen molar-refractivity contribution in [1.82, 2.24) is 0 Å². The fourth-order valence-corrected chi connectivity index (χ4v) is 2.24. The molecule has 2 nitrogen and oxygen atoms in total. The first kappa shape index (κ1) is 15.9. The highest BCUT2D eigenvalue weighted by molar-refractivity contribution is 6.17. The van der Waals surface area contributed by atoms with Crippen molar-refractivity contribution in [2.24, 2.45) is 5.41 Å². The highest BCUT2D eigenvalue weighted by atomic mass is 35.5. The summed E-state index contributed by atoms with van der Waals surface area (Å²) in [4.78, 5) is 0. The van der Waals surface area contributed by atoms with E-state index < -0.39 is 0 Å². The summed E-state index contributed by atoms with van der Waals surface area (Å²) < 4.78 is 5.85. The minimum Gasteiger partial charge on any atom is -0.493 e. The summed E-state index contributed by atoms with van der Waals surface area (Å²) in [6.45, 7) is 8.64. The van der Waals surface area contributed by atoms with E-state index in [1.54, 1.807) is 0 Å². The fourth-order valence-electron chi connectivity index (χ4n) is 2.09. The summed E-state index contributed by atoms with van der Waals surface area (Å²) in [5, 5.41) is 8.95. The Morgan fingerprint density at radius 3 is 2.32 bits per heavy atom. The largest absolute Gasteiger partial charge is 0.493 e. The standard InChI is InChI=1S/C16H22ClNO/c1-12-8-14(10-17)9-13(2)15(12)19-7-5-6-16(3,4)11-18/h8-9H,5-7,10H2,1-4H3. The lowest BCUT2D eigenvalue weighted by atomic mass is 9.90. The SMILES string of the molecule is Cc1cc(CCl)cc(C)c1OCCCC(C)(C)C#N. The van der Waals surface area contributed by atoms with Crippen molar-refractivity contribution in [3.8, 4) is 11.8 Å². The molecule has 0 radical (unpaired) electrons. The summed E-state index contributed by atoms with van der Waals surface area (Å²) >= 11 is 5.84. The second kappa shape index (κ2) is 6.82. The van der Waals surface area contributed by atoms with Crippen LogP contribution in [0.4, 0.5) is 0 Å². The minimum atomic E-state index is -0.268. The van der Waals surface area contributed by atoms with Crippen molar-refractivity contribution >= 4 is 11.6 Å². The molecule has 104 valence electrons. The number of ether oxygens (including phenoxy) is 1. The van der Waals surface area contributed by atoms with Crippen LogP contribution < -0.4 is 4.74 Å². The Balaban J connectivity index is 2.57. The van der Waals surface area contributed by atoms with Gasteiger partial charge in [-0.05, 0) is 57.2 Å². The molecule has 0 heterocycles. The molecule has 0 saturated carbocycles. The van der Waals surface area contributed by atoms with Crippen LogP contribution in [0.2, 0.25) is 0 Å². The predicted octanol–water partition coefficient (Wildman–Crippen LogP) is 4.75. The second-order valence-electron chi connectivity index (χ2n) is 5.64. The summed E-state index contributed by atoms with van der Waals surface area (Å²) in [6, 6.07) is 6.44. The van der Waals surface area contributed by atoms with Gasteiger partial charge in [-0.15, -0.1) is 11.6 Å². The van der Waals surface area contributed by atoms with E-state index in [9.17, 15) is 0 Å². The van der Waals surface area contributed by atoms with E-state index in [4.69, 9.17) is 21.6 Å². The summed E-state index contributed by atoms with van der Waals surface area (Å²) in [5.41, 5.74) is 3.09. The Morgan fingerprint density at radius 1 is 1.26 bits per heavy atom. The van der Waals surface area contributed by atoms with E-state index in [1.807, 2.05) is 27.7 Å². The molecule has 0 amide bonds. The van der Waals surface area contributed by atoms with Gasteiger partial charge < -0.3 is 4.74 Å².